The summed E-state index contributed by atoms with van der Waals surface area (Å²) in [6.45, 7) is 8.28. The van der Waals surface area contributed by atoms with Crippen LogP contribution in [0.1, 0.15) is 18.0 Å². The van der Waals surface area contributed by atoms with E-state index in [9.17, 15) is 0 Å². The molecule has 2 rings (SSSR count). The van der Waals surface area contributed by atoms with Crippen molar-refractivity contribution in [2.45, 2.75) is 12.5 Å². The van der Waals surface area contributed by atoms with E-state index in [2.05, 4.69) is 57.0 Å². The molecular formula is C14H21BrCl2N2. The van der Waals surface area contributed by atoms with Crippen molar-refractivity contribution in [3.05, 3.63) is 47.0 Å². The predicted octanol–water partition coefficient (Wildman–Crippen LogP) is 3.82. The molecule has 5 heteroatoms. The van der Waals surface area contributed by atoms with Gasteiger partial charge in [-0.1, -0.05) is 40.2 Å². The summed E-state index contributed by atoms with van der Waals surface area (Å²) >= 11 is 3.66. The molecule has 1 saturated heterocycles. The molecule has 1 aliphatic rings. The number of piperazine rings is 1. The lowest BCUT2D eigenvalue weighted by atomic mass is 10.0. The number of nitrogens with zero attached hydrogens (tertiary/aromatic N) is 1. The lowest BCUT2D eigenvalue weighted by Gasteiger charge is -2.35. The first-order chi connectivity index (χ1) is 8.33. The fourth-order valence-electron chi connectivity index (χ4n) is 2.37. The molecule has 0 amide bonds. The van der Waals surface area contributed by atoms with Crippen LogP contribution < -0.4 is 5.32 Å². The average molecular weight is 368 g/mol. The fourth-order valence-corrected chi connectivity index (χ4v) is 2.92. The van der Waals surface area contributed by atoms with Gasteiger partial charge in [-0.15, -0.1) is 31.4 Å². The van der Waals surface area contributed by atoms with E-state index < -0.39 is 0 Å². The number of rotatable bonds is 4. The van der Waals surface area contributed by atoms with Crippen LogP contribution in [0.2, 0.25) is 0 Å². The summed E-state index contributed by atoms with van der Waals surface area (Å²) in [6.07, 6.45) is 3.02. The highest BCUT2D eigenvalue weighted by atomic mass is 79.9. The standard InChI is InChI=1S/C14H19BrN2.2ClH/c1-2-5-14(17-10-8-16-9-11-17)12-6-3-4-7-13(12)15;;/h2-4,6-7,14,16H,1,5,8-11H2;2*1H/t14-;;/m1../s1. The van der Waals surface area contributed by atoms with Gasteiger partial charge in [-0.05, 0) is 18.1 Å². The normalized spacial score (nSPS) is 16.9. The lowest BCUT2D eigenvalue weighted by molar-refractivity contribution is 0.174. The van der Waals surface area contributed by atoms with Crippen molar-refractivity contribution in [2.75, 3.05) is 26.2 Å². The molecule has 19 heavy (non-hydrogen) atoms. The van der Waals surface area contributed by atoms with Crippen LogP contribution in [0.4, 0.5) is 0 Å². The molecule has 1 heterocycles. The molecule has 1 N–H and O–H groups in total. The largest absolute Gasteiger partial charge is 0.314 e. The van der Waals surface area contributed by atoms with E-state index in [-0.39, 0.29) is 24.8 Å². The van der Waals surface area contributed by atoms with Crippen molar-refractivity contribution in [1.29, 1.82) is 0 Å². The third kappa shape index (κ3) is 5.09. The summed E-state index contributed by atoms with van der Waals surface area (Å²) in [7, 11) is 0. The van der Waals surface area contributed by atoms with Crippen LogP contribution in [0.25, 0.3) is 0 Å². The quantitative estimate of drug-likeness (QED) is 0.814. The van der Waals surface area contributed by atoms with Crippen LogP contribution in [0, 0.1) is 0 Å². The van der Waals surface area contributed by atoms with Gasteiger partial charge in [0, 0.05) is 36.7 Å². The zero-order valence-electron chi connectivity index (χ0n) is 10.8. The van der Waals surface area contributed by atoms with Gasteiger partial charge in [-0.2, -0.15) is 0 Å². The maximum Gasteiger partial charge on any atom is 0.0394 e. The zero-order chi connectivity index (χ0) is 12.1. The van der Waals surface area contributed by atoms with Gasteiger partial charge in [0.25, 0.3) is 0 Å². The summed E-state index contributed by atoms with van der Waals surface area (Å²) < 4.78 is 1.20. The highest BCUT2D eigenvalue weighted by Gasteiger charge is 2.22. The van der Waals surface area contributed by atoms with E-state index in [1.54, 1.807) is 0 Å². The second-order valence-corrected chi connectivity index (χ2v) is 5.20. The Morgan fingerprint density at radius 3 is 2.47 bits per heavy atom. The van der Waals surface area contributed by atoms with Gasteiger partial charge >= 0.3 is 0 Å². The van der Waals surface area contributed by atoms with Crippen LogP contribution in [-0.2, 0) is 0 Å². The summed E-state index contributed by atoms with van der Waals surface area (Å²) in [5, 5.41) is 3.40. The Labute approximate surface area is 136 Å². The Hall–Kier alpha value is -0.0600. The molecule has 2 nitrogen and oxygen atoms in total. The van der Waals surface area contributed by atoms with Crippen LogP contribution >= 0.6 is 40.7 Å². The van der Waals surface area contributed by atoms with E-state index in [1.165, 1.54) is 10.0 Å². The van der Waals surface area contributed by atoms with E-state index in [0.717, 1.165) is 32.6 Å². The Balaban J connectivity index is 0.00000162. The summed E-state index contributed by atoms with van der Waals surface area (Å²) in [5.41, 5.74) is 1.37. The molecule has 0 bridgehead atoms. The Kier molecular flexibility index (Phi) is 9.75. The van der Waals surface area contributed by atoms with E-state index in [4.69, 9.17) is 0 Å². The van der Waals surface area contributed by atoms with E-state index in [1.807, 2.05) is 6.08 Å². The van der Waals surface area contributed by atoms with Crippen LogP contribution in [0.5, 0.6) is 0 Å². The molecule has 0 aromatic heterocycles. The second kappa shape index (κ2) is 9.78. The van der Waals surface area contributed by atoms with E-state index in [0.29, 0.717) is 6.04 Å². The van der Waals surface area contributed by atoms with E-state index >= 15 is 0 Å². The van der Waals surface area contributed by atoms with Crippen molar-refractivity contribution < 1.29 is 0 Å². The number of hydrogen-bond acceptors (Lipinski definition) is 2. The topological polar surface area (TPSA) is 15.3 Å². The number of nitrogens with one attached hydrogen (secondary N) is 1. The van der Waals surface area contributed by atoms with Crippen LogP contribution in [0.3, 0.4) is 0 Å². The summed E-state index contributed by atoms with van der Waals surface area (Å²) in [4.78, 5) is 2.54. The molecule has 0 radical (unpaired) electrons. The smallest absolute Gasteiger partial charge is 0.0394 e. The second-order valence-electron chi connectivity index (χ2n) is 4.35. The van der Waals surface area contributed by atoms with Crippen molar-refractivity contribution in [3.8, 4) is 0 Å². The SMILES string of the molecule is C=CC[C@H](c1ccccc1Br)N1CCNCC1.Cl.Cl. The maximum atomic E-state index is 3.89. The van der Waals surface area contributed by atoms with Gasteiger partial charge in [0.1, 0.15) is 0 Å². The third-order valence-electron chi connectivity index (χ3n) is 3.25. The fraction of sp³-hybridized carbons (Fsp3) is 0.429. The molecule has 108 valence electrons. The number of benzene rings is 1. The minimum absolute atomic E-state index is 0. The molecular weight excluding hydrogens is 347 g/mol. The Morgan fingerprint density at radius 1 is 1.26 bits per heavy atom. The Bertz CT molecular complexity index is 381. The monoisotopic (exact) mass is 366 g/mol. The van der Waals surface area contributed by atoms with Crippen molar-refractivity contribution >= 4 is 40.7 Å². The van der Waals surface area contributed by atoms with Gasteiger partial charge in [-0.3, -0.25) is 4.90 Å². The first-order valence-corrected chi connectivity index (χ1v) is 6.92. The number of hydrogen-bond donors (Lipinski definition) is 1. The first-order valence-electron chi connectivity index (χ1n) is 6.13. The molecule has 1 fully saturated rings. The molecule has 1 aromatic rings. The Morgan fingerprint density at radius 2 is 1.89 bits per heavy atom. The minimum Gasteiger partial charge on any atom is -0.314 e. The minimum atomic E-state index is 0. The molecule has 1 aromatic carbocycles. The van der Waals surface area contributed by atoms with Crippen LogP contribution in [0.15, 0.2) is 41.4 Å². The molecule has 1 aliphatic heterocycles. The summed E-state index contributed by atoms with van der Waals surface area (Å²) in [5.74, 6) is 0. The van der Waals surface area contributed by atoms with Gasteiger partial charge in [0.2, 0.25) is 0 Å². The lowest BCUT2D eigenvalue weighted by Crippen LogP contribution is -2.45. The van der Waals surface area contributed by atoms with Gasteiger partial charge < -0.3 is 5.32 Å². The molecule has 0 unspecified atom stereocenters. The number of halogens is 3. The third-order valence-corrected chi connectivity index (χ3v) is 3.97. The zero-order valence-corrected chi connectivity index (χ0v) is 14.1. The first kappa shape index (κ1) is 18.9. The predicted molar refractivity (Wildman–Crippen MR) is 90.6 cm³/mol. The van der Waals surface area contributed by atoms with Crippen molar-refractivity contribution in [1.82, 2.24) is 10.2 Å². The van der Waals surface area contributed by atoms with Crippen molar-refractivity contribution in [3.63, 3.8) is 0 Å². The summed E-state index contributed by atoms with van der Waals surface area (Å²) in [6, 6.07) is 8.95. The van der Waals surface area contributed by atoms with Crippen molar-refractivity contribution in [2.24, 2.45) is 0 Å². The van der Waals surface area contributed by atoms with Gasteiger partial charge in [-0.25, -0.2) is 0 Å². The molecule has 0 spiro atoms. The molecule has 0 aliphatic carbocycles. The highest BCUT2D eigenvalue weighted by Crippen LogP contribution is 2.30. The maximum absolute atomic E-state index is 3.89. The van der Waals surface area contributed by atoms with Crippen LogP contribution in [-0.4, -0.2) is 31.1 Å². The van der Waals surface area contributed by atoms with Gasteiger partial charge in [0.05, 0.1) is 0 Å². The average Bonchev–Trinajstić information content (AvgIpc) is 2.38. The molecule has 1 atom stereocenters. The van der Waals surface area contributed by atoms with Gasteiger partial charge in [0.15, 0.2) is 0 Å². The highest BCUT2D eigenvalue weighted by molar-refractivity contribution is 9.10. The molecule has 0 saturated carbocycles.